The van der Waals surface area contributed by atoms with Crippen LogP contribution in [0.5, 0.6) is 0 Å². The minimum absolute atomic E-state index is 0.0286. The van der Waals surface area contributed by atoms with Crippen LogP contribution in [-0.2, 0) is 16.1 Å². The van der Waals surface area contributed by atoms with Gasteiger partial charge < -0.3 is 14.5 Å². The maximum absolute atomic E-state index is 12.7. The first kappa shape index (κ1) is 19.8. The fraction of sp³-hybridized carbons (Fsp3) is 0.579. The minimum atomic E-state index is -0.491. The van der Waals surface area contributed by atoms with Crippen LogP contribution in [0.15, 0.2) is 28.7 Å². The first-order valence-corrected chi connectivity index (χ1v) is 9.42. The van der Waals surface area contributed by atoms with Crippen molar-refractivity contribution in [3.05, 3.63) is 34.3 Å². The fourth-order valence-electron chi connectivity index (χ4n) is 2.89. The number of ether oxygens (including phenoxy) is 1. The molecule has 1 aliphatic rings. The zero-order valence-electron chi connectivity index (χ0n) is 15.4. The number of hydrogen-bond acceptors (Lipinski definition) is 3. The van der Waals surface area contributed by atoms with Crippen LogP contribution >= 0.6 is 15.9 Å². The van der Waals surface area contributed by atoms with Gasteiger partial charge in [0.2, 0.25) is 5.91 Å². The first-order valence-electron chi connectivity index (χ1n) is 8.63. The van der Waals surface area contributed by atoms with Crippen molar-refractivity contribution >= 4 is 27.9 Å². The van der Waals surface area contributed by atoms with Crippen molar-refractivity contribution in [2.75, 3.05) is 20.1 Å². The van der Waals surface area contributed by atoms with E-state index in [1.165, 1.54) is 0 Å². The molecule has 6 heteroatoms. The smallest absolute Gasteiger partial charge is 0.410 e. The Kier molecular flexibility index (Phi) is 6.49. The molecule has 0 radical (unpaired) electrons. The Bertz CT molecular complexity index is 602. The molecule has 1 aromatic rings. The van der Waals surface area contributed by atoms with Crippen LogP contribution in [0.4, 0.5) is 4.79 Å². The maximum Gasteiger partial charge on any atom is 0.410 e. The number of hydrogen-bond donors (Lipinski definition) is 0. The lowest BCUT2D eigenvalue weighted by Gasteiger charge is -2.34. The van der Waals surface area contributed by atoms with Gasteiger partial charge in [0.15, 0.2) is 0 Å². The Hall–Kier alpha value is -1.56. The summed E-state index contributed by atoms with van der Waals surface area (Å²) in [6.45, 7) is 7.31. The number of carbonyl (C=O) groups is 2. The summed E-state index contributed by atoms with van der Waals surface area (Å²) in [5.41, 5.74) is 0.611. The number of piperidine rings is 1. The molecule has 0 aliphatic carbocycles. The quantitative estimate of drug-likeness (QED) is 0.754. The molecule has 0 saturated carbocycles. The van der Waals surface area contributed by atoms with Gasteiger partial charge >= 0.3 is 6.09 Å². The lowest BCUT2D eigenvalue weighted by Crippen LogP contribution is -2.45. The van der Waals surface area contributed by atoms with E-state index in [4.69, 9.17) is 4.74 Å². The highest BCUT2D eigenvalue weighted by molar-refractivity contribution is 9.10. The SMILES string of the molecule is CN(Cc1ccc(Br)cc1)C(=O)C1CCN(C(=O)OC(C)(C)C)CC1. The summed E-state index contributed by atoms with van der Waals surface area (Å²) in [7, 11) is 1.84. The molecular formula is C19H27BrN2O3. The molecule has 1 fully saturated rings. The molecule has 25 heavy (non-hydrogen) atoms. The second-order valence-corrected chi connectivity index (χ2v) is 8.48. The van der Waals surface area contributed by atoms with Crippen LogP contribution in [0.25, 0.3) is 0 Å². The van der Waals surface area contributed by atoms with E-state index in [0.717, 1.165) is 10.0 Å². The van der Waals surface area contributed by atoms with Crippen molar-refractivity contribution in [1.29, 1.82) is 0 Å². The monoisotopic (exact) mass is 410 g/mol. The molecule has 0 spiro atoms. The highest BCUT2D eigenvalue weighted by Gasteiger charge is 2.31. The Morgan fingerprint density at radius 3 is 2.28 bits per heavy atom. The Balaban J connectivity index is 1.84. The summed E-state index contributed by atoms with van der Waals surface area (Å²) in [5.74, 6) is 0.117. The van der Waals surface area contributed by atoms with E-state index in [0.29, 0.717) is 32.5 Å². The van der Waals surface area contributed by atoms with Crippen molar-refractivity contribution < 1.29 is 14.3 Å². The molecule has 1 saturated heterocycles. The van der Waals surface area contributed by atoms with Crippen molar-refractivity contribution in [3.63, 3.8) is 0 Å². The molecule has 5 nitrogen and oxygen atoms in total. The molecular weight excluding hydrogens is 384 g/mol. The van der Waals surface area contributed by atoms with Gasteiger partial charge in [-0.15, -0.1) is 0 Å². The third-order valence-electron chi connectivity index (χ3n) is 4.21. The molecule has 138 valence electrons. The summed E-state index contributed by atoms with van der Waals surface area (Å²) in [6, 6.07) is 7.98. The number of likely N-dealkylation sites (tertiary alicyclic amines) is 1. The second kappa shape index (κ2) is 8.21. The van der Waals surface area contributed by atoms with Gasteiger partial charge in [-0.1, -0.05) is 28.1 Å². The molecule has 0 bridgehead atoms. The maximum atomic E-state index is 12.7. The predicted molar refractivity (Wildman–Crippen MR) is 101 cm³/mol. The molecule has 0 N–H and O–H groups in total. The van der Waals surface area contributed by atoms with Gasteiger partial charge in [0.05, 0.1) is 0 Å². The van der Waals surface area contributed by atoms with Crippen LogP contribution in [0, 0.1) is 5.92 Å². The molecule has 0 aromatic heterocycles. The molecule has 2 rings (SSSR count). The van der Waals surface area contributed by atoms with E-state index in [9.17, 15) is 9.59 Å². The number of carbonyl (C=O) groups excluding carboxylic acids is 2. The van der Waals surface area contributed by atoms with E-state index in [1.807, 2.05) is 52.1 Å². The third-order valence-corrected chi connectivity index (χ3v) is 4.73. The van der Waals surface area contributed by atoms with Gasteiger partial charge in [-0.3, -0.25) is 4.79 Å². The Morgan fingerprint density at radius 1 is 1.20 bits per heavy atom. The highest BCUT2D eigenvalue weighted by atomic mass is 79.9. The summed E-state index contributed by atoms with van der Waals surface area (Å²) in [4.78, 5) is 28.2. The summed E-state index contributed by atoms with van der Waals surface area (Å²) >= 11 is 3.42. The van der Waals surface area contributed by atoms with Gasteiger partial charge in [-0.25, -0.2) is 4.79 Å². The summed E-state index contributed by atoms with van der Waals surface area (Å²) in [6.07, 6.45) is 1.08. The lowest BCUT2D eigenvalue weighted by atomic mass is 9.95. The van der Waals surface area contributed by atoms with E-state index in [-0.39, 0.29) is 17.9 Å². The minimum Gasteiger partial charge on any atom is -0.444 e. The van der Waals surface area contributed by atoms with E-state index in [2.05, 4.69) is 15.9 Å². The summed E-state index contributed by atoms with van der Waals surface area (Å²) in [5, 5.41) is 0. The topological polar surface area (TPSA) is 49.9 Å². The molecule has 1 aromatic carbocycles. The van der Waals surface area contributed by atoms with Crippen molar-refractivity contribution in [1.82, 2.24) is 9.80 Å². The van der Waals surface area contributed by atoms with Gasteiger partial charge in [0.1, 0.15) is 5.60 Å². The summed E-state index contributed by atoms with van der Waals surface area (Å²) < 4.78 is 6.42. The number of benzene rings is 1. The highest BCUT2D eigenvalue weighted by Crippen LogP contribution is 2.22. The zero-order valence-corrected chi connectivity index (χ0v) is 17.0. The number of amides is 2. The van der Waals surface area contributed by atoms with E-state index < -0.39 is 5.60 Å². The largest absolute Gasteiger partial charge is 0.444 e. The molecule has 1 heterocycles. The van der Waals surface area contributed by atoms with E-state index in [1.54, 1.807) is 9.80 Å². The normalized spacial score (nSPS) is 15.8. The standard InChI is InChI=1S/C19H27BrN2O3/c1-19(2,3)25-18(24)22-11-9-15(10-12-22)17(23)21(4)13-14-5-7-16(20)8-6-14/h5-8,15H,9-13H2,1-4H3. The Labute approximate surface area is 158 Å². The molecule has 0 atom stereocenters. The second-order valence-electron chi connectivity index (χ2n) is 7.56. The van der Waals surface area contributed by atoms with Crippen LogP contribution in [0.2, 0.25) is 0 Å². The predicted octanol–water partition coefficient (Wildman–Crippen LogP) is 4.05. The zero-order chi connectivity index (χ0) is 18.6. The van der Waals surface area contributed by atoms with Crippen LogP contribution < -0.4 is 0 Å². The van der Waals surface area contributed by atoms with E-state index >= 15 is 0 Å². The molecule has 1 aliphatic heterocycles. The molecule has 0 unspecified atom stereocenters. The van der Waals surface area contributed by atoms with Crippen molar-refractivity contribution in [2.45, 2.75) is 45.8 Å². The number of rotatable bonds is 3. The average Bonchev–Trinajstić information content (AvgIpc) is 2.55. The van der Waals surface area contributed by atoms with Crippen LogP contribution in [-0.4, -0.2) is 47.5 Å². The average molecular weight is 411 g/mol. The lowest BCUT2D eigenvalue weighted by molar-refractivity contribution is -0.136. The Morgan fingerprint density at radius 2 is 1.76 bits per heavy atom. The number of halogens is 1. The van der Waals surface area contributed by atoms with Crippen molar-refractivity contribution in [2.24, 2.45) is 5.92 Å². The fourth-order valence-corrected chi connectivity index (χ4v) is 3.15. The van der Waals surface area contributed by atoms with Gasteiger partial charge in [0.25, 0.3) is 0 Å². The number of nitrogens with zero attached hydrogens (tertiary/aromatic N) is 2. The van der Waals surface area contributed by atoms with Crippen LogP contribution in [0.1, 0.15) is 39.2 Å². The third kappa shape index (κ3) is 6.03. The van der Waals surface area contributed by atoms with Gasteiger partial charge in [-0.2, -0.15) is 0 Å². The van der Waals surface area contributed by atoms with Crippen LogP contribution in [0.3, 0.4) is 0 Å². The van der Waals surface area contributed by atoms with Gasteiger partial charge in [0, 0.05) is 37.1 Å². The molecule has 2 amide bonds. The van der Waals surface area contributed by atoms with Crippen molar-refractivity contribution in [3.8, 4) is 0 Å². The first-order chi connectivity index (χ1) is 11.7. The van der Waals surface area contributed by atoms with Gasteiger partial charge in [-0.05, 0) is 51.3 Å².